The van der Waals surface area contributed by atoms with Crippen LogP contribution in [0.15, 0.2) is 24.3 Å². The van der Waals surface area contributed by atoms with Crippen molar-refractivity contribution < 1.29 is 13.9 Å². The first-order valence-electron chi connectivity index (χ1n) is 9.72. The molecule has 1 aromatic carbocycles. The summed E-state index contributed by atoms with van der Waals surface area (Å²) in [5.74, 6) is 0.0703. The summed E-state index contributed by atoms with van der Waals surface area (Å²) >= 11 is 0. The summed E-state index contributed by atoms with van der Waals surface area (Å²) in [5, 5.41) is 14.5. The van der Waals surface area contributed by atoms with Crippen molar-refractivity contribution in [3.05, 3.63) is 41.5 Å². The fourth-order valence-electron chi connectivity index (χ4n) is 4.00. The van der Waals surface area contributed by atoms with Crippen LogP contribution in [-0.2, 0) is 16.0 Å². The number of hydrogen-bond acceptors (Lipinski definition) is 6. The average Bonchev–Trinajstić information content (AvgIpc) is 3.34. The summed E-state index contributed by atoms with van der Waals surface area (Å²) in [6.07, 6.45) is 2.76. The van der Waals surface area contributed by atoms with E-state index in [4.69, 9.17) is 4.74 Å². The molecule has 2 fully saturated rings. The molecule has 4 rings (SSSR count). The van der Waals surface area contributed by atoms with Gasteiger partial charge in [-0.05, 0) is 54.4 Å². The van der Waals surface area contributed by atoms with Gasteiger partial charge >= 0.3 is 0 Å². The highest BCUT2D eigenvalue weighted by molar-refractivity contribution is 5.80. The molecule has 9 heteroatoms. The second-order valence-electron chi connectivity index (χ2n) is 7.51. The fourth-order valence-corrected chi connectivity index (χ4v) is 4.00. The van der Waals surface area contributed by atoms with Gasteiger partial charge in [0.05, 0.1) is 12.7 Å². The number of ether oxygens (including phenoxy) is 1. The molecule has 150 valence electrons. The number of rotatable bonds is 6. The molecular weight excluding hydrogens is 363 g/mol. The molecule has 3 atom stereocenters. The van der Waals surface area contributed by atoms with Crippen LogP contribution < -0.4 is 5.32 Å². The van der Waals surface area contributed by atoms with Gasteiger partial charge in [-0.25, -0.2) is 9.07 Å². The number of benzene rings is 1. The molecule has 0 aliphatic carbocycles. The van der Waals surface area contributed by atoms with Crippen LogP contribution >= 0.6 is 0 Å². The number of carbonyl (C=O) groups excluding carboxylic acids is 1. The number of hydrogen-bond donors (Lipinski definition) is 1. The highest BCUT2D eigenvalue weighted by atomic mass is 19.1. The quantitative estimate of drug-likeness (QED) is 0.791. The monoisotopic (exact) mass is 388 g/mol. The second-order valence-corrected chi connectivity index (χ2v) is 7.51. The number of carbonyl (C=O) groups is 1. The van der Waals surface area contributed by atoms with Crippen LogP contribution in [0.4, 0.5) is 4.39 Å². The summed E-state index contributed by atoms with van der Waals surface area (Å²) in [7, 11) is 0. The van der Waals surface area contributed by atoms with E-state index in [0.29, 0.717) is 24.8 Å². The lowest BCUT2D eigenvalue weighted by Crippen LogP contribution is -2.50. The van der Waals surface area contributed by atoms with Gasteiger partial charge in [0.1, 0.15) is 17.7 Å². The van der Waals surface area contributed by atoms with Crippen molar-refractivity contribution in [3.63, 3.8) is 0 Å². The standard InChI is InChI=1S/C19H25FN6O2/c1-13-22-23-24-26(13)18(9-14-4-6-15(20)7-5-14)19(27)21-10-17-11-25-8-2-3-16(25)12-28-17/h4-7,16-18H,2-3,8-12H2,1H3,(H,21,27). The Morgan fingerprint density at radius 3 is 2.96 bits per heavy atom. The first-order chi connectivity index (χ1) is 13.6. The van der Waals surface area contributed by atoms with Crippen molar-refractivity contribution in [3.8, 4) is 0 Å². The van der Waals surface area contributed by atoms with E-state index in [1.165, 1.54) is 29.7 Å². The van der Waals surface area contributed by atoms with Gasteiger partial charge in [0.2, 0.25) is 5.91 Å². The van der Waals surface area contributed by atoms with E-state index in [-0.39, 0.29) is 17.8 Å². The van der Waals surface area contributed by atoms with Crippen LogP contribution in [0.2, 0.25) is 0 Å². The van der Waals surface area contributed by atoms with Crippen LogP contribution in [0.25, 0.3) is 0 Å². The first kappa shape index (κ1) is 18.9. The minimum atomic E-state index is -0.608. The zero-order valence-corrected chi connectivity index (χ0v) is 15.9. The van der Waals surface area contributed by atoms with Crippen LogP contribution in [0, 0.1) is 12.7 Å². The number of halogens is 1. The van der Waals surface area contributed by atoms with Crippen molar-refractivity contribution in [1.29, 1.82) is 0 Å². The van der Waals surface area contributed by atoms with Crippen LogP contribution in [0.3, 0.4) is 0 Å². The second kappa shape index (κ2) is 8.32. The Morgan fingerprint density at radius 2 is 2.21 bits per heavy atom. The number of aromatic nitrogens is 4. The molecule has 0 bridgehead atoms. The number of nitrogens with zero attached hydrogens (tertiary/aromatic N) is 5. The Hall–Kier alpha value is -2.39. The van der Waals surface area contributed by atoms with Crippen molar-refractivity contribution in [2.75, 3.05) is 26.2 Å². The molecule has 2 aromatic rings. The fraction of sp³-hybridized carbons (Fsp3) is 0.579. The lowest BCUT2D eigenvalue weighted by Gasteiger charge is -2.35. The Labute approximate surface area is 163 Å². The maximum atomic E-state index is 13.2. The van der Waals surface area contributed by atoms with E-state index < -0.39 is 6.04 Å². The number of nitrogens with one attached hydrogen (secondary N) is 1. The number of tetrazole rings is 1. The largest absolute Gasteiger partial charge is 0.373 e. The highest BCUT2D eigenvalue weighted by Gasteiger charge is 2.33. The summed E-state index contributed by atoms with van der Waals surface area (Å²) in [6, 6.07) is 6.05. The average molecular weight is 388 g/mol. The van der Waals surface area contributed by atoms with E-state index in [2.05, 4.69) is 25.7 Å². The number of morpholine rings is 1. The van der Waals surface area contributed by atoms with Gasteiger partial charge < -0.3 is 10.1 Å². The van der Waals surface area contributed by atoms with Crippen LogP contribution in [-0.4, -0.2) is 69.4 Å². The molecule has 28 heavy (non-hydrogen) atoms. The SMILES string of the molecule is Cc1nnnn1C(Cc1ccc(F)cc1)C(=O)NCC1CN2CCCC2CO1. The number of amides is 1. The summed E-state index contributed by atoms with van der Waals surface area (Å²) in [4.78, 5) is 15.4. The van der Waals surface area contributed by atoms with Crippen molar-refractivity contribution in [1.82, 2.24) is 30.4 Å². The van der Waals surface area contributed by atoms with E-state index in [9.17, 15) is 9.18 Å². The Bertz CT molecular complexity index is 811. The molecule has 2 aliphatic rings. The zero-order chi connectivity index (χ0) is 19.5. The molecule has 8 nitrogen and oxygen atoms in total. The maximum Gasteiger partial charge on any atom is 0.245 e. The first-order valence-corrected chi connectivity index (χ1v) is 9.72. The van der Waals surface area contributed by atoms with Crippen LogP contribution in [0.5, 0.6) is 0 Å². The Kier molecular flexibility index (Phi) is 5.63. The summed E-state index contributed by atoms with van der Waals surface area (Å²) < 4.78 is 20.6. The molecule has 1 aromatic heterocycles. The minimum Gasteiger partial charge on any atom is -0.373 e. The minimum absolute atomic E-state index is 0.0141. The van der Waals surface area contributed by atoms with E-state index in [0.717, 1.165) is 25.3 Å². The third-order valence-electron chi connectivity index (χ3n) is 5.56. The van der Waals surface area contributed by atoms with Gasteiger partial charge in [-0.3, -0.25) is 9.69 Å². The lowest BCUT2D eigenvalue weighted by molar-refractivity contribution is -0.126. The number of aryl methyl sites for hydroxylation is 1. The van der Waals surface area contributed by atoms with Crippen molar-refractivity contribution in [2.24, 2.45) is 0 Å². The smallest absolute Gasteiger partial charge is 0.245 e. The van der Waals surface area contributed by atoms with Crippen molar-refractivity contribution >= 4 is 5.91 Å². The van der Waals surface area contributed by atoms with E-state index in [1.807, 2.05) is 0 Å². The molecule has 1 amide bonds. The molecule has 0 spiro atoms. The molecule has 0 saturated carbocycles. The molecule has 1 N–H and O–H groups in total. The Balaban J connectivity index is 1.41. The van der Waals surface area contributed by atoms with Gasteiger partial charge in [-0.15, -0.1) is 5.10 Å². The highest BCUT2D eigenvalue weighted by Crippen LogP contribution is 2.22. The predicted molar refractivity (Wildman–Crippen MR) is 99.0 cm³/mol. The maximum absolute atomic E-state index is 13.2. The van der Waals surface area contributed by atoms with E-state index >= 15 is 0 Å². The Morgan fingerprint density at radius 1 is 1.39 bits per heavy atom. The van der Waals surface area contributed by atoms with Gasteiger partial charge in [0.25, 0.3) is 0 Å². The summed E-state index contributed by atoms with van der Waals surface area (Å²) in [6.45, 7) is 4.88. The molecule has 3 heterocycles. The normalized spacial score (nSPS) is 23.4. The topological polar surface area (TPSA) is 85.2 Å². The summed E-state index contributed by atoms with van der Waals surface area (Å²) in [5.41, 5.74) is 0.838. The predicted octanol–water partition coefficient (Wildman–Crippen LogP) is 0.884. The van der Waals surface area contributed by atoms with Gasteiger partial charge in [-0.1, -0.05) is 12.1 Å². The number of fused-ring (bicyclic) bond motifs is 1. The van der Waals surface area contributed by atoms with Gasteiger partial charge in [0.15, 0.2) is 0 Å². The van der Waals surface area contributed by atoms with Gasteiger partial charge in [-0.2, -0.15) is 0 Å². The zero-order valence-electron chi connectivity index (χ0n) is 15.9. The third-order valence-corrected chi connectivity index (χ3v) is 5.56. The molecule has 2 aliphatic heterocycles. The molecule has 3 unspecified atom stereocenters. The van der Waals surface area contributed by atoms with Crippen LogP contribution in [0.1, 0.15) is 30.3 Å². The third kappa shape index (κ3) is 4.20. The molecule has 0 radical (unpaired) electrons. The lowest BCUT2D eigenvalue weighted by atomic mass is 10.0. The van der Waals surface area contributed by atoms with E-state index in [1.54, 1.807) is 19.1 Å². The van der Waals surface area contributed by atoms with Gasteiger partial charge in [0, 0.05) is 25.6 Å². The molecule has 2 saturated heterocycles. The molecular formula is C19H25FN6O2. The van der Waals surface area contributed by atoms with Crippen molar-refractivity contribution in [2.45, 2.75) is 44.4 Å².